The highest BCUT2D eigenvalue weighted by molar-refractivity contribution is 5.96. The van der Waals surface area contributed by atoms with E-state index in [1.165, 1.54) is 0 Å². The van der Waals surface area contributed by atoms with Gasteiger partial charge in [0.2, 0.25) is 5.91 Å². The van der Waals surface area contributed by atoms with Gasteiger partial charge in [-0.2, -0.15) is 0 Å². The highest BCUT2D eigenvalue weighted by Gasteiger charge is 2.28. The van der Waals surface area contributed by atoms with E-state index in [4.69, 9.17) is 5.73 Å². The molecule has 3 N–H and O–H groups in total. The third-order valence-corrected chi connectivity index (χ3v) is 3.27. The summed E-state index contributed by atoms with van der Waals surface area (Å²) in [5.41, 5.74) is 5.51. The SMILES string of the molecule is Cc1cc(C)cc(Nc2c([N+](=O)[O-])cc(C(N)=O)cc2[N+](=O)[O-])c1. The summed E-state index contributed by atoms with van der Waals surface area (Å²) in [4.78, 5) is 32.2. The van der Waals surface area contributed by atoms with Crippen LogP contribution in [-0.2, 0) is 0 Å². The molecule has 0 saturated carbocycles. The van der Waals surface area contributed by atoms with Crippen LogP contribution in [0.3, 0.4) is 0 Å². The van der Waals surface area contributed by atoms with E-state index >= 15 is 0 Å². The maximum Gasteiger partial charge on any atom is 0.300 e. The molecule has 0 radical (unpaired) electrons. The Hall–Kier alpha value is -3.49. The minimum atomic E-state index is -0.987. The summed E-state index contributed by atoms with van der Waals surface area (Å²) in [5, 5.41) is 25.3. The molecule has 2 aromatic rings. The number of amides is 1. The van der Waals surface area contributed by atoms with Gasteiger partial charge in [-0.25, -0.2) is 0 Å². The fraction of sp³-hybridized carbons (Fsp3) is 0.133. The minimum Gasteiger partial charge on any atom is -0.366 e. The molecule has 0 bridgehead atoms. The first-order valence-electron chi connectivity index (χ1n) is 6.81. The molecule has 2 aromatic carbocycles. The van der Waals surface area contributed by atoms with Crippen LogP contribution in [0, 0.1) is 34.1 Å². The van der Waals surface area contributed by atoms with Gasteiger partial charge in [0.1, 0.15) is 0 Å². The molecule has 0 heterocycles. The summed E-state index contributed by atoms with van der Waals surface area (Å²) in [7, 11) is 0. The average Bonchev–Trinajstić information content (AvgIpc) is 2.45. The number of rotatable bonds is 5. The summed E-state index contributed by atoms with van der Waals surface area (Å²) in [6.45, 7) is 3.66. The van der Waals surface area contributed by atoms with Gasteiger partial charge < -0.3 is 11.1 Å². The van der Waals surface area contributed by atoms with Crippen LogP contribution >= 0.6 is 0 Å². The summed E-state index contributed by atoms with van der Waals surface area (Å²) in [6.07, 6.45) is 0. The van der Waals surface area contributed by atoms with Gasteiger partial charge >= 0.3 is 11.4 Å². The maximum absolute atomic E-state index is 11.3. The molecule has 0 aliphatic heterocycles. The van der Waals surface area contributed by atoms with E-state index in [-0.39, 0.29) is 11.3 Å². The Morgan fingerprint density at radius 2 is 1.42 bits per heavy atom. The van der Waals surface area contributed by atoms with Gasteiger partial charge in [0.05, 0.1) is 15.4 Å². The van der Waals surface area contributed by atoms with Gasteiger partial charge in [-0.3, -0.25) is 25.0 Å². The number of aryl methyl sites for hydroxylation is 2. The molecule has 9 heteroatoms. The molecule has 0 unspecified atom stereocenters. The van der Waals surface area contributed by atoms with Crippen molar-refractivity contribution >= 4 is 28.7 Å². The van der Waals surface area contributed by atoms with Gasteiger partial charge in [0.25, 0.3) is 0 Å². The molecule has 0 fully saturated rings. The molecule has 0 spiro atoms. The first-order valence-corrected chi connectivity index (χ1v) is 6.81. The molecule has 0 aromatic heterocycles. The van der Waals surface area contributed by atoms with E-state index in [1.807, 2.05) is 19.9 Å². The number of hydrogen-bond donors (Lipinski definition) is 2. The summed E-state index contributed by atoms with van der Waals surface area (Å²) in [6, 6.07) is 7.12. The quantitative estimate of drug-likeness (QED) is 0.637. The first kappa shape index (κ1) is 16.9. The molecular weight excluding hydrogens is 316 g/mol. The van der Waals surface area contributed by atoms with Crippen molar-refractivity contribution in [3.63, 3.8) is 0 Å². The van der Waals surface area contributed by atoms with E-state index in [0.29, 0.717) is 5.69 Å². The number of nitrogens with zero attached hydrogens (tertiary/aromatic N) is 2. The van der Waals surface area contributed by atoms with Crippen LogP contribution in [0.4, 0.5) is 22.7 Å². The van der Waals surface area contributed by atoms with E-state index in [9.17, 15) is 25.0 Å². The number of carbonyl (C=O) groups is 1. The molecule has 124 valence electrons. The lowest BCUT2D eigenvalue weighted by molar-refractivity contribution is -0.392. The lowest BCUT2D eigenvalue weighted by Crippen LogP contribution is -2.13. The van der Waals surface area contributed by atoms with Gasteiger partial charge in [0, 0.05) is 17.8 Å². The number of benzene rings is 2. The monoisotopic (exact) mass is 330 g/mol. The zero-order valence-corrected chi connectivity index (χ0v) is 12.9. The highest BCUT2D eigenvalue weighted by Crippen LogP contribution is 2.38. The third kappa shape index (κ3) is 3.46. The lowest BCUT2D eigenvalue weighted by Gasteiger charge is -2.10. The Balaban J connectivity index is 2.68. The van der Waals surface area contributed by atoms with E-state index in [0.717, 1.165) is 23.3 Å². The number of nitrogens with two attached hydrogens (primary N) is 1. The Morgan fingerprint density at radius 3 is 1.79 bits per heavy atom. The van der Waals surface area contributed by atoms with Crippen LogP contribution in [0.5, 0.6) is 0 Å². The predicted octanol–water partition coefficient (Wildman–Crippen LogP) is 2.96. The van der Waals surface area contributed by atoms with Crippen molar-refractivity contribution in [1.29, 1.82) is 0 Å². The first-order chi connectivity index (χ1) is 11.2. The summed E-state index contributed by atoms with van der Waals surface area (Å²) < 4.78 is 0. The average molecular weight is 330 g/mol. The maximum atomic E-state index is 11.3. The van der Waals surface area contributed by atoms with E-state index in [1.54, 1.807) is 12.1 Å². The van der Waals surface area contributed by atoms with Crippen LogP contribution in [0.15, 0.2) is 30.3 Å². The number of nitrogens with one attached hydrogen (secondary N) is 1. The van der Waals surface area contributed by atoms with Crippen molar-refractivity contribution in [2.75, 3.05) is 5.32 Å². The van der Waals surface area contributed by atoms with Crippen molar-refractivity contribution in [1.82, 2.24) is 0 Å². The molecule has 0 saturated heterocycles. The normalized spacial score (nSPS) is 10.2. The number of primary amides is 1. The molecule has 0 aliphatic carbocycles. The Bertz CT molecular complexity index is 808. The number of nitro benzene ring substituents is 2. The minimum absolute atomic E-state index is 0.306. The van der Waals surface area contributed by atoms with E-state index < -0.39 is 27.1 Å². The van der Waals surface area contributed by atoms with Crippen LogP contribution in [0.1, 0.15) is 21.5 Å². The Morgan fingerprint density at radius 1 is 0.958 bits per heavy atom. The Kier molecular flexibility index (Phi) is 4.45. The fourth-order valence-electron chi connectivity index (χ4n) is 2.36. The van der Waals surface area contributed by atoms with E-state index in [2.05, 4.69) is 5.32 Å². The molecular formula is C15H14N4O5. The number of hydrogen-bond acceptors (Lipinski definition) is 6. The van der Waals surface area contributed by atoms with Gasteiger partial charge in [0.15, 0.2) is 5.69 Å². The molecule has 9 nitrogen and oxygen atoms in total. The Labute approximate surface area is 136 Å². The molecule has 2 rings (SSSR count). The molecule has 0 atom stereocenters. The van der Waals surface area contributed by atoms with Crippen molar-refractivity contribution in [3.05, 3.63) is 67.3 Å². The van der Waals surface area contributed by atoms with Crippen LogP contribution in [-0.4, -0.2) is 15.8 Å². The van der Waals surface area contributed by atoms with Gasteiger partial charge in [-0.05, 0) is 37.1 Å². The summed E-state index contributed by atoms with van der Waals surface area (Å²) >= 11 is 0. The second-order valence-corrected chi connectivity index (χ2v) is 5.27. The predicted molar refractivity (Wildman–Crippen MR) is 87.5 cm³/mol. The standard InChI is InChI=1S/C15H14N4O5/c1-8-3-9(2)5-11(4-8)17-14-12(18(21)22)6-10(15(16)20)7-13(14)19(23)24/h3-7,17H,1-2H3,(H2,16,20). The zero-order valence-electron chi connectivity index (χ0n) is 12.9. The zero-order chi connectivity index (χ0) is 18.0. The largest absolute Gasteiger partial charge is 0.366 e. The number of nitro groups is 2. The van der Waals surface area contributed by atoms with Crippen LogP contribution < -0.4 is 11.1 Å². The van der Waals surface area contributed by atoms with Crippen LogP contribution in [0.25, 0.3) is 0 Å². The smallest absolute Gasteiger partial charge is 0.300 e. The van der Waals surface area contributed by atoms with Gasteiger partial charge in [-0.1, -0.05) is 6.07 Å². The molecule has 1 amide bonds. The van der Waals surface area contributed by atoms with Crippen molar-refractivity contribution in [3.8, 4) is 0 Å². The second-order valence-electron chi connectivity index (χ2n) is 5.27. The van der Waals surface area contributed by atoms with Crippen molar-refractivity contribution < 1.29 is 14.6 Å². The van der Waals surface area contributed by atoms with Gasteiger partial charge in [-0.15, -0.1) is 0 Å². The lowest BCUT2D eigenvalue weighted by atomic mass is 10.1. The second kappa shape index (κ2) is 6.32. The number of carbonyl (C=O) groups excluding carboxylic acids is 1. The number of anilines is 2. The fourth-order valence-corrected chi connectivity index (χ4v) is 2.36. The van der Waals surface area contributed by atoms with Crippen LogP contribution in [0.2, 0.25) is 0 Å². The third-order valence-electron chi connectivity index (χ3n) is 3.27. The molecule has 0 aliphatic rings. The summed E-state index contributed by atoms with van der Waals surface area (Å²) in [5.74, 6) is -0.987. The van der Waals surface area contributed by atoms with Crippen molar-refractivity contribution in [2.45, 2.75) is 13.8 Å². The highest BCUT2D eigenvalue weighted by atomic mass is 16.6. The topological polar surface area (TPSA) is 141 Å². The van der Waals surface area contributed by atoms with Crippen molar-refractivity contribution in [2.24, 2.45) is 5.73 Å². The molecule has 24 heavy (non-hydrogen) atoms.